The second kappa shape index (κ2) is 13.8. The molecule has 0 aromatic heterocycles. The van der Waals surface area contributed by atoms with Gasteiger partial charge in [-0.15, -0.1) is 0 Å². The molecule has 7 unspecified atom stereocenters. The summed E-state index contributed by atoms with van der Waals surface area (Å²) in [6.45, 7) is 3.67. The van der Waals surface area contributed by atoms with Crippen molar-refractivity contribution in [2.75, 3.05) is 26.6 Å². The van der Waals surface area contributed by atoms with Gasteiger partial charge < -0.3 is 39.4 Å². The van der Waals surface area contributed by atoms with Gasteiger partial charge in [0.15, 0.2) is 6.04 Å². The largest absolute Gasteiger partial charge is 0.462 e. The van der Waals surface area contributed by atoms with Crippen LogP contribution in [0.1, 0.15) is 47.3 Å². The van der Waals surface area contributed by atoms with E-state index in [1.54, 1.807) is 68.5 Å². The summed E-state index contributed by atoms with van der Waals surface area (Å²) in [5.74, 6) is -2.74. The Bertz CT molecular complexity index is 1760. The third-order valence-electron chi connectivity index (χ3n) is 10.1. The summed E-state index contributed by atoms with van der Waals surface area (Å²) in [6, 6.07) is 12.8. The predicted molar refractivity (Wildman–Crippen MR) is 174 cm³/mol. The van der Waals surface area contributed by atoms with Gasteiger partial charge in [-0.2, -0.15) is 5.06 Å². The lowest BCUT2D eigenvalue weighted by Gasteiger charge is -2.48. The molecule has 0 spiro atoms. The van der Waals surface area contributed by atoms with Gasteiger partial charge in [0.05, 0.1) is 13.2 Å². The van der Waals surface area contributed by atoms with E-state index in [-0.39, 0.29) is 52.0 Å². The summed E-state index contributed by atoms with van der Waals surface area (Å²) >= 11 is 0. The van der Waals surface area contributed by atoms with Crippen molar-refractivity contribution in [3.63, 3.8) is 0 Å². The Labute approximate surface area is 293 Å². The van der Waals surface area contributed by atoms with Crippen molar-refractivity contribution in [2.24, 2.45) is 10.8 Å². The number of nitrogens with one attached hydrogen (secondary N) is 2. The number of aliphatic hydroxyl groups is 1. The van der Waals surface area contributed by atoms with Crippen LogP contribution in [0.5, 0.6) is 0 Å². The minimum Gasteiger partial charge on any atom is -0.462 e. The molecular formula is C36H39N3O12. The quantitative estimate of drug-likeness (QED) is 0.169. The van der Waals surface area contributed by atoms with Crippen molar-refractivity contribution in [1.29, 1.82) is 0 Å². The molecule has 5 fully saturated rings. The van der Waals surface area contributed by atoms with Crippen LogP contribution < -0.4 is 10.6 Å². The number of hydrogen-bond acceptors (Lipinski definition) is 13. The molecule has 2 amide bonds. The van der Waals surface area contributed by atoms with Crippen LogP contribution in [0.3, 0.4) is 0 Å². The second-order valence-corrected chi connectivity index (χ2v) is 13.9. The molecule has 0 radical (unpaired) electrons. The lowest BCUT2D eigenvalue weighted by Crippen LogP contribution is -2.69. The highest BCUT2D eigenvalue weighted by Crippen LogP contribution is 2.55. The van der Waals surface area contributed by atoms with E-state index in [1.807, 2.05) is 0 Å². The Morgan fingerprint density at radius 2 is 1.84 bits per heavy atom. The maximum atomic E-state index is 14.4. The summed E-state index contributed by atoms with van der Waals surface area (Å²) in [5, 5.41) is 16.1. The Morgan fingerprint density at radius 3 is 2.63 bits per heavy atom. The zero-order chi connectivity index (χ0) is 35.9. The number of rotatable bonds is 11. The maximum Gasteiger partial charge on any atom is 0.348 e. The predicted octanol–water partition coefficient (Wildman–Crippen LogP) is 0.775. The normalized spacial score (nSPS) is 30.4. The molecule has 1 saturated carbocycles. The maximum absolute atomic E-state index is 14.4. The zero-order valence-corrected chi connectivity index (χ0v) is 28.1. The molecule has 4 aliphatic heterocycles. The fourth-order valence-corrected chi connectivity index (χ4v) is 7.53. The number of hydrogen-bond donors (Lipinski definition) is 3. The Kier molecular flexibility index (Phi) is 9.41. The molecule has 15 nitrogen and oxygen atoms in total. The van der Waals surface area contributed by atoms with E-state index >= 15 is 0 Å². The number of esters is 3. The highest BCUT2D eigenvalue weighted by atomic mass is 16.8. The molecule has 7 rings (SSSR count). The average molecular weight is 706 g/mol. The van der Waals surface area contributed by atoms with Crippen LogP contribution in [0.15, 0.2) is 54.6 Å². The fourth-order valence-electron chi connectivity index (χ4n) is 7.53. The van der Waals surface area contributed by atoms with Gasteiger partial charge in [-0.1, -0.05) is 50.2 Å². The van der Waals surface area contributed by atoms with Crippen LogP contribution in [-0.4, -0.2) is 103 Å². The van der Waals surface area contributed by atoms with Gasteiger partial charge >= 0.3 is 17.9 Å². The number of amides is 2. The average Bonchev–Trinajstić information content (AvgIpc) is 3.81. The van der Waals surface area contributed by atoms with E-state index in [1.165, 1.54) is 11.1 Å². The van der Waals surface area contributed by atoms with Crippen molar-refractivity contribution < 1.29 is 57.6 Å². The smallest absolute Gasteiger partial charge is 0.348 e. The number of aliphatic hydroxyl groups excluding tert-OH is 1. The van der Waals surface area contributed by atoms with Gasteiger partial charge in [0.1, 0.15) is 43.2 Å². The first-order chi connectivity index (χ1) is 24.5. The van der Waals surface area contributed by atoms with E-state index in [0.29, 0.717) is 22.3 Å². The van der Waals surface area contributed by atoms with E-state index < -0.39 is 71.2 Å². The van der Waals surface area contributed by atoms with Crippen LogP contribution >= 0.6 is 0 Å². The van der Waals surface area contributed by atoms with Gasteiger partial charge in [-0.05, 0) is 34.9 Å². The Balaban J connectivity index is 1.12. The molecule has 51 heavy (non-hydrogen) atoms. The van der Waals surface area contributed by atoms with Gasteiger partial charge in [0.25, 0.3) is 5.91 Å². The SMILES string of the molecule is CC1(C)COC(=O)C1OC(=O)C=Cc1ccccc1CN1OC2C3OCOC3C3CC2(C(=O)NCc2cccc(C(=O)NCCO)c2)C1C(=O)O3. The highest BCUT2D eigenvalue weighted by Gasteiger charge is 2.74. The number of hydroxylamine groups is 2. The van der Waals surface area contributed by atoms with Gasteiger partial charge in [-0.3, -0.25) is 19.2 Å². The van der Waals surface area contributed by atoms with E-state index in [0.717, 1.165) is 0 Å². The summed E-state index contributed by atoms with van der Waals surface area (Å²) in [6.07, 6.45) is -1.04. The van der Waals surface area contributed by atoms with Crippen LogP contribution in [0.2, 0.25) is 0 Å². The van der Waals surface area contributed by atoms with Gasteiger partial charge in [-0.25, -0.2) is 9.59 Å². The second-order valence-electron chi connectivity index (χ2n) is 13.9. The van der Waals surface area contributed by atoms with Crippen molar-refractivity contribution in [3.05, 3.63) is 76.9 Å². The summed E-state index contributed by atoms with van der Waals surface area (Å²) < 4.78 is 28.1. The summed E-state index contributed by atoms with van der Waals surface area (Å²) in [4.78, 5) is 72.0. The number of ether oxygens (including phenoxy) is 5. The molecule has 4 heterocycles. The number of benzene rings is 2. The molecule has 7 atom stereocenters. The lowest BCUT2D eigenvalue weighted by molar-refractivity contribution is -0.201. The molecule has 2 aromatic rings. The minimum absolute atomic E-state index is 0.0384. The van der Waals surface area contributed by atoms with Gasteiger partial charge in [0.2, 0.25) is 12.0 Å². The molecule has 3 N–H and O–H groups in total. The number of nitrogens with zero attached hydrogens (tertiary/aromatic N) is 1. The van der Waals surface area contributed by atoms with E-state index in [2.05, 4.69) is 10.6 Å². The molecule has 1 aliphatic carbocycles. The first kappa shape index (κ1) is 34.8. The summed E-state index contributed by atoms with van der Waals surface area (Å²) in [7, 11) is 0. The van der Waals surface area contributed by atoms with Crippen LogP contribution in [0.4, 0.5) is 0 Å². The minimum atomic E-state index is -1.40. The molecule has 15 heteroatoms. The lowest BCUT2D eigenvalue weighted by atomic mass is 9.62. The molecule has 4 saturated heterocycles. The van der Waals surface area contributed by atoms with Crippen molar-refractivity contribution in [3.8, 4) is 0 Å². The van der Waals surface area contributed by atoms with Crippen molar-refractivity contribution in [2.45, 2.75) is 69.9 Å². The van der Waals surface area contributed by atoms with Crippen LogP contribution in [0, 0.1) is 10.8 Å². The third kappa shape index (κ3) is 6.40. The van der Waals surface area contributed by atoms with E-state index in [9.17, 15) is 24.0 Å². The van der Waals surface area contributed by atoms with Gasteiger partial charge in [0, 0.05) is 36.6 Å². The number of cyclic esters (lactones) is 1. The summed E-state index contributed by atoms with van der Waals surface area (Å²) in [5.41, 5.74) is 0.241. The third-order valence-corrected chi connectivity index (χ3v) is 10.1. The van der Waals surface area contributed by atoms with E-state index in [4.69, 9.17) is 33.6 Å². The Morgan fingerprint density at radius 1 is 1.04 bits per heavy atom. The number of fused-ring (bicyclic) bond motifs is 4. The zero-order valence-electron chi connectivity index (χ0n) is 28.1. The molecule has 5 aliphatic rings. The molecule has 2 aromatic carbocycles. The number of carbonyl (C=O) groups is 5. The van der Waals surface area contributed by atoms with Crippen LogP contribution in [0.25, 0.3) is 6.08 Å². The number of carbonyl (C=O) groups excluding carboxylic acids is 5. The molecular weight excluding hydrogens is 666 g/mol. The molecule has 270 valence electrons. The topological polar surface area (TPSA) is 188 Å². The van der Waals surface area contributed by atoms with Crippen LogP contribution in [-0.2, 0) is 60.8 Å². The van der Waals surface area contributed by atoms with Crippen molar-refractivity contribution >= 4 is 35.8 Å². The van der Waals surface area contributed by atoms with Crippen molar-refractivity contribution in [1.82, 2.24) is 15.7 Å². The Hall–Kier alpha value is -4.67. The standard InChI is InChI=1S/C36H39N3O12/c1-35(2)18-46-33(44)30(35)50-25(41)11-10-21-7-3-4-8-23(21)17-39-28-32(43)49-24-15-36(28,29(51-39)27-26(24)47-19-48-27)34(45)38-16-20-6-5-9-22(14-20)31(42)37-12-13-40/h3-11,14,24,26-30,40H,12-13,15-19H2,1-2H3,(H,37,42)(H,38,45). The first-order valence-corrected chi connectivity index (χ1v) is 16.8. The first-order valence-electron chi connectivity index (χ1n) is 16.8. The molecule has 2 bridgehead atoms. The fraction of sp³-hybridized carbons (Fsp3) is 0.472. The highest BCUT2D eigenvalue weighted by molar-refractivity contribution is 5.95. The monoisotopic (exact) mass is 705 g/mol.